The predicted molar refractivity (Wildman–Crippen MR) is 38.3 cm³/mol. The third-order valence-corrected chi connectivity index (χ3v) is 1.82. The molecule has 0 spiro atoms. The first-order valence-corrected chi connectivity index (χ1v) is 3.27. The van der Waals surface area contributed by atoms with Crippen molar-refractivity contribution in [2.24, 2.45) is 0 Å². The fourth-order valence-corrected chi connectivity index (χ4v) is 0.805. The van der Waals surface area contributed by atoms with Gasteiger partial charge in [-0.3, -0.25) is 4.98 Å². The first-order valence-electron chi connectivity index (χ1n) is 2.48. The molecular formula is C6H3BrN2O. The first kappa shape index (κ1) is 7.03. The van der Waals surface area contributed by atoms with Crippen molar-refractivity contribution in [3.05, 3.63) is 22.4 Å². The number of hydrogen-bond acceptors (Lipinski definition) is 3. The molecule has 0 radical (unpaired) electrons. The number of nitriles is 1. The van der Waals surface area contributed by atoms with Crippen LogP contribution in [0.2, 0.25) is 0 Å². The summed E-state index contributed by atoms with van der Waals surface area (Å²) in [5.74, 6) is -0.0148. The standard InChI is InChI=1S/C6H3BrN2O/c7-6-4(1-8)2-9-3-5(6)10/h2-3,10H. The molecule has 1 aromatic rings. The van der Waals surface area contributed by atoms with Crippen molar-refractivity contribution in [2.75, 3.05) is 0 Å². The molecule has 0 aliphatic carbocycles. The van der Waals surface area contributed by atoms with Crippen molar-refractivity contribution in [3.8, 4) is 11.8 Å². The summed E-state index contributed by atoms with van der Waals surface area (Å²) in [6.45, 7) is 0. The minimum absolute atomic E-state index is 0.0148. The molecule has 3 nitrogen and oxygen atoms in total. The molecule has 50 valence electrons. The van der Waals surface area contributed by atoms with Crippen molar-refractivity contribution >= 4 is 15.9 Å². The number of pyridine rings is 1. The van der Waals surface area contributed by atoms with E-state index >= 15 is 0 Å². The maximum atomic E-state index is 8.97. The van der Waals surface area contributed by atoms with Crippen LogP contribution in [-0.2, 0) is 0 Å². The molecule has 0 bridgehead atoms. The summed E-state index contributed by atoms with van der Waals surface area (Å²) >= 11 is 3.03. The maximum Gasteiger partial charge on any atom is 0.149 e. The molecule has 0 aliphatic rings. The minimum Gasteiger partial charge on any atom is -0.505 e. The van der Waals surface area contributed by atoms with E-state index in [9.17, 15) is 0 Å². The van der Waals surface area contributed by atoms with Crippen LogP contribution in [-0.4, -0.2) is 10.1 Å². The van der Waals surface area contributed by atoms with Crippen LogP contribution < -0.4 is 0 Å². The first-order chi connectivity index (χ1) is 4.75. The van der Waals surface area contributed by atoms with Gasteiger partial charge in [0.1, 0.15) is 11.8 Å². The lowest BCUT2D eigenvalue weighted by Crippen LogP contribution is -1.79. The van der Waals surface area contributed by atoms with E-state index in [-0.39, 0.29) is 5.75 Å². The zero-order valence-corrected chi connectivity index (χ0v) is 6.46. The largest absolute Gasteiger partial charge is 0.505 e. The monoisotopic (exact) mass is 198 g/mol. The highest BCUT2D eigenvalue weighted by atomic mass is 79.9. The highest BCUT2D eigenvalue weighted by molar-refractivity contribution is 9.10. The summed E-state index contributed by atoms with van der Waals surface area (Å²) < 4.78 is 0.394. The average Bonchev–Trinajstić information content (AvgIpc) is 1.95. The molecular weight excluding hydrogens is 196 g/mol. The van der Waals surface area contributed by atoms with Crippen LogP contribution in [0.15, 0.2) is 16.9 Å². The van der Waals surface area contributed by atoms with Gasteiger partial charge in [0, 0.05) is 6.20 Å². The zero-order chi connectivity index (χ0) is 7.56. The van der Waals surface area contributed by atoms with E-state index in [1.807, 2.05) is 6.07 Å². The fraction of sp³-hybridized carbons (Fsp3) is 0. The quantitative estimate of drug-likeness (QED) is 0.687. The van der Waals surface area contributed by atoms with Gasteiger partial charge in [0.2, 0.25) is 0 Å². The average molecular weight is 199 g/mol. The molecule has 0 aromatic carbocycles. The molecule has 1 rings (SSSR count). The molecule has 1 aromatic heterocycles. The van der Waals surface area contributed by atoms with Crippen LogP contribution in [0.4, 0.5) is 0 Å². The third kappa shape index (κ3) is 1.09. The van der Waals surface area contributed by atoms with Crippen molar-refractivity contribution in [1.29, 1.82) is 5.26 Å². The van der Waals surface area contributed by atoms with Gasteiger partial charge in [-0.05, 0) is 15.9 Å². The van der Waals surface area contributed by atoms with Crippen LogP contribution >= 0.6 is 15.9 Å². The van der Waals surface area contributed by atoms with Crippen LogP contribution in [0.1, 0.15) is 5.56 Å². The molecule has 0 fully saturated rings. The van der Waals surface area contributed by atoms with Crippen LogP contribution in [0.25, 0.3) is 0 Å². The van der Waals surface area contributed by atoms with Gasteiger partial charge < -0.3 is 5.11 Å². The lowest BCUT2D eigenvalue weighted by molar-refractivity contribution is 0.469. The summed E-state index contributed by atoms with van der Waals surface area (Å²) in [6.07, 6.45) is 2.65. The molecule has 0 atom stereocenters. The number of nitrogens with zero attached hydrogens (tertiary/aromatic N) is 2. The Balaban J connectivity index is 3.31. The third-order valence-electron chi connectivity index (χ3n) is 0.982. The second-order valence-electron chi connectivity index (χ2n) is 1.63. The van der Waals surface area contributed by atoms with E-state index in [0.717, 1.165) is 0 Å². The van der Waals surface area contributed by atoms with E-state index in [4.69, 9.17) is 10.4 Å². The lowest BCUT2D eigenvalue weighted by Gasteiger charge is -1.94. The van der Waals surface area contributed by atoms with Gasteiger partial charge in [-0.15, -0.1) is 0 Å². The lowest BCUT2D eigenvalue weighted by atomic mass is 10.3. The summed E-state index contributed by atoms with van der Waals surface area (Å²) in [6, 6.07) is 1.87. The molecule has 4 heteroatoms. The molecule has 0 saturated carbocycles. The normalized spacial score (nSPS) is 8.80. The molecule has 0 amide bonds. The van der Waals surface area contributed by atoms with Gasteiger partial charge in [-0.1, -0.05) is 0 Å². The van der Waals surface area contributed by atoms with Gasteiger partial charge in [0.25, 0.3) is 0 Å². The number of halogens is 1. The second-order valence-corrected chi connectivity index (χ2v) is 2.42. The number of aromatic nitrogens is 1. The second kappa shape index (κ2) is 2.67. The SMILES string of the molecule is N#Cc1cncc(O)c1Br. The van der Waals surface area contributed by atoms with E-state index in [1.165, 1.54) is 12.4 Å². The Kier molecular flexibility index (Phi) is 1.88. The van der Waals surface area contributed by atoms with Gasteiger partial charge in [-0.2, -0.15) is 5.26 Å². The van der Waals surface area contributed by atoms with Crippen LogP contribution in [0.3, 0.4) is 0 Å². The van der Waals surface area contributed by atoms with Gasteiger partial charge >= 0.3 is 0 Å². The Bertz CT molecular complexity index is 292. The summed E-state index contributed by atoms with van der Waals surface area (Å²) in [5.41, 5.74) is 0.333. The smallest absolute Gasteiger partial charge is 0.149 e. The van der Waals surface area contributed by atoms with Crippen LogP contribution in [0.5, 0.6) is 5.75 Å². The Morgan fingerprint density at radius 1 is 1.60 bits per heavy atom. The van der Waals surface area contributed by atoms with E-state index in [2.05, 4.69) is 20.9 Å². The topological polar surface area (TPSA) is 56.9 Å². The summed E-state index contributed by atoms with van der Waals surface area (Å²) in [5, 5.41) is 17.4. The minimum atomic E-state index is -0.0148. The molecule has 0 saturated heterocycles. The Morgan fingerprint density at radius 2 is 2.30 bits per heavy atom. The predicted octanol–water partition coefficient (Wildman–Crippen LogP) is 1.42. The number of rotatable bonds is 0. The van der Waals surface area contributed by atoms with Crippen molar-refractivity contribution in [1.82, 2.24) is 4.98 Å². The summed E-state index contributed by atoms with van der Waals surface area (Å²) in [4.78, 5) is 3.61. The van der Waals surface area contributed by atoms with Crippen LogP contribution in [0, 0.1) is 11.3 Å². The Labute approximate surface area is 66.1 Å². The van der Waals surface area contributed by atoms with Gasteiger partial charge in [-0.25, -0.2) is 0 Å². The molecule has 1 N–H and O–H groups in total. The van der Waals surface area contributed by atoms with E-state index in [1.54, 1.807) is 0 Å². The maximum absolute atomic E-state index is 8.97. The number of hydrogen-bond donors (Lipinski definition) is 1. The Morgan fingerprint density at radius 3 is 2.80 bits per heavy atom. The van der Waals surface area contributed by atoms with Gasteiger partial charge in [0.05, 0.1) is 16.2 Å². The highest BCUT2D eigenvalue weighted by Crippen LogP contribution is 2.24. The molecule has 0 aliphatic heterocycles. The van der Waals surface area contributed by atoms with Gasteiger partial charge in [0.15, 0.2) is 0 Å². The molecule has 1 heterocycles. The summed E-state index contributed by atoms with van der Waals surface area (Å²) in [7, 11) is 0. The number of aromatic hydroxyl groups is 1. The Hall–Kier alpha value is -1.08. The molecule has 10 heavy (non-hydrogen) atoms. The highest BCUT2D eigenvalue weighted by Gasteiger charge is 2.02. The zero-order valence-electron chi connectivity index (χ0n) is 4.87. The van der Waals surface area contributed by atoms with Crippen molar-refractivity contribution in [3.63, 3.8) is 0 Å². The van der Waals surface area contributed by atoms with Crippen molar-refractivity contribution < 1.29 is 5.11 Å². The molecule has 0 unspecified atom stereocenters. The van der Waals surface area contributed by atoms with Crippen molar-refractivity contribution in [2.45, 2.75) is 0 Å². The fourth-order valence-electron chi connectivity index (χ4n) is 0.512. The van der Waals surface area contributed by atoms with E-state index in [0.29, 0.717) is 10.0 Å². The van der Waals surface area contributed by atoms with E-state index < -0.39 is 0 Å².